The van der Waals surface area contributed by atoms with Crippen LogP contribution in [0.2, 0.25) is 5.02 Å². The Morgan fingerprint density at radius 1 is 1.24 bits per heavy atom. The summed E-state index contributed by atoms with van der Waals surface area (Å²) in [6.45, 7) is 0.765. The maximum atomic E-state index is 13.8. The predicted molar refractivity (Wildman–Crippen MR) is 84.0 cm³/mol. The van der Waals surface area contributed by atoms with E-state index in [0.29, 0.717) is 17.0 Å². The van der Waals surface area contributed by atoms with E-state index >= 15 is 0 Å². The van der Waals surface area contributed by atoms with Crippen molar-refractivity contribution in [2.45, 2.75) is 24.6 Å². The van der Waals surface area contributed by atoms with Gasteiger partial charge in [-0.2, -0.15) is 0 Å². The lowest BCUT2D eigenvalue weighted by atomic mass is 9.98. The SMILES string of the molecule is Fc1cccc(Cl)c1CC(Cl)c1ccc2c(c1)CCCO2. The molecule has 0 amide bonds. The van der Waals surface area contributed by atoms with Gasteiger partial charge in [0.05, 0.1) is 12.0 Å². The minimum atomic E-state index is -0.313. The van der Waals surface area contributed by atoms with Gasteiger partial charge in [0.25, 0.3) is 0 Å². The smallest absolute Gasteiger partial charge is 0.127 e. The minimum absolute atomic E-state index is 0.311. The van der Waals surface area contributed by atoms with Crippen LogP contribution in [-0.2, 0) is 12.8 Å². The van der Waals surface area contributed by atoms with Crippen molar-refractivity contribution in [2.75, 3.05) is 6.61 Å². The number of alkyl halides is 1. The first-order valence-corrected chi connectivity index (χ1v) is 7.79. The summed E-state index contributed by atoms with van der Waals surface area (Å²) < 4.78 is 19.4. The standard InChI is InChI=1S/C17H15Cl2FO/c18-14-4-1-5-16(20)13(14)10-15(19)11-6-7-17-12(9-11)3-2-8-21-17/h1,4-7,9,15H,2-3,8,10H2. The first-order valence-electron chi connectivity index (χ1n) is 6.98. The zero-order valence-corrected chi connectivity index (χ0v) is 12.9. The van der Waals surface area contributed by atoms with Crippen LogP contribution < -0.4 is 4.74 Å². The van der Waals surface area contributed by atoms with E-state index < -0.39 is 0 Å². The third kappa shape index (κ3) is 3.17. The van der Waals surface area contributed by atoms with E-state index in [2.05, 4.69) is 6.07 Å². The summed E-state index contributed by atoms with van der Waals surface area (Å²) in [5.41, 5.74) is 2.61. The van der Waals surface area contributed by atoms with Crippen LogP contribution in [0, 0.1) is 5.82 Å². The Balaban J connectivity index is 1.84. The largest absolute Gasteiger partial charge is 0.493 e. The van der Waals surface area contributed by atoms with Crippen LogP contribution in [0.1, 0.15) is 28.5 Å². The molecule has 0 radical (unpaired) electrons. The molecule has 1 atom stereocenters. The monoisotopic (exact) mass is 324 g/mol. The van der Waals surface area contributed by atoms with Crippen LogP contribution in [0.15, 0.2) is 36.4 Å². The van der Waals surface area contributed by atoms with Crippen molar-refractivity contribution in [3.05, 3.63) is 63.9 Å². The molecule has 1 aliphatic heterocycles. The summed E-state index contributed by atoms with van der Waals surface area (Å²) in [7, 11) is 0. The second-order valence-corrected chi connectivity index (χ2v) is 6.13. The minimum Gasteiger partial charge on any atom is -0.493 e. The van der Waals surface area contributed by atoms with Crippen molar-refractivity contribution in [2.24, 2.45) is 0 Å². The molecule has 4 heteroatoms. The molecule has 1 heterocycles. The van der Waals surface area contributed by atoms with Gasteiger partial charge in [-0.3, -0.25) is 0 Å². The molecule has 2 aromatic carbocycles. The van der Waals surface area contributed by atoms with Gasteiger partial charge in [0.1, 0.15) is 11.6 Å². The van der Waals surface area contributed by atoms with Gasteiger partial charge in [0.15, 0.2) is 0 Å². The lowest BCUT2D eigenvalue weighted by molar-refractivity contribution is 0.288. The van der Waals surface area contributed by atoms with Crippen LogP contribution in [-0.4, -0.2) is 6.61 Å². The van der Waals surface area contributed by atoms with E-state index in [1.807, 2.05) is 12.1 Å². The average Bonchev–Trinajstić information content (AvgIpc) is 2.50. The van der Waals surface area contributed by atoms with Gasteiger partial charge in [0.2, 0.25) is 0 Å². The number of benzene rings is 2. The van der Waals surface area contributed by atoms with Gasteiger partial charge >= 0.3 is 0 Å². The Morgan fingerprint density at radius 3 is 2.90 bits per heavy atom. The Kier molecular flexibility index (Phi) is 4.37. The topological polar surface area (TPSA) is 9.23 Å². The summed E-state index contributed by atoms with van der Waals surface area (Å²) in [6.07, 6.45) is 2.38. The Hall–Kier alpha value is -1.25. The van der Waals surface area contributed by atoms with Crippen LogP contribution in [0.4, 0.5) is 4.39 Å². The maximum absolute atomic E-state index is 13.8. The molecule has 2 aromatic rings. The highest BCUT2D eigenvalue weighted by Gasteiger charge is 2.17. The zero-order chi connectivity index (χ0) is 14.8. The van der Waals surface area contributed by atoms with E-state index in [0.717, 1.165) is 30.8 Å². The molecule has 3 rings (SSSR count). The molecule has 0 aliphatic carbocycles. The van der Waals surface area contributed by atoms with Crippen molar-refractivity contribution in [1.29, 1.82) is 0 Å². The van der Waals surface area contributed by atoms with Crippen molar-refractivity contribution >= 4 is 23.2 Å². The molecular weight excluding hydrogens is 310 g/mol. The van der Waals surface area contributed by atoms with Crippen molar-refractivity contribution in [1.82, 2.24) is 0 Å². The van der Waals surface area contributed by atoms with E-state index in [9.17, 15) is 4.39 Å². The van der Waals surface area contributed by atoms with Gasteiger partial charge < -0.3 is 4.74 Å². The molecule has 110 valence electrons. The highest BCUT2D eigenvalue weighted by molar-refractivity contribution is 6.31. The van der Waals surface area contributed by atoms with E-state index in [1.165, 1.54) is 11.6 Å². The highest BCUT2D eigenvalue weighted by atomic mass is 35.5. The lowest BCUT2D eigenvalue weighted by Crippen LogP contribution is -2.09. The molecule has 1 aliphatic rings. The molecule has 1 nitrogen and oxygen atoms in total. The number of aryl methyl sites for hydroxylation is 1. The fourth-order valence-corrected chi connectivity index (χ4v) is 3.13. The molecule has 1 unspecified atom stereocenters. The van der Waals surface area contributed by atoms with Crippen molar-refractivity contribution < 1.29 is 9.13 Å². The summed E-state index contributed by atoms with van der Waals surface area (Å²) in [6, 6.07) is 10.6. The number of rotatable bonds is 3. The first-order chi connectivity index (χ1) is 10.1. The molecule has 0 fully saturated rings. The Morgan fingerprint density at radius 2 is 2.10 bits per heavy atom. The van der Waals surface area contributed by atoms with Gasteiger partial charge in [-0.1, -0.05) is 29.8 Å². The Labute approximate surface area is 133 Å². The van der Waals surface area contributed by atoms with Crippen molar-refractivity contribution in [3.8, 4) is 5.75 Å². The zero-order valence-electron chi connectivity index (χ0n) is 11.4. The third-order valence-electron chi connectivity index (χ3n) is 3.74. The van der Waals surface area contributed by atoms with Gasteiger partial charge in [-0.25, -0.2) is 4.39 Å². The van der Waals surface area contributed by atoms with Gasteiger partial charge in [0, 0.05) is 10.6 Å². The van der Waals surface area contributed by atoms with Crippen molar-refractivity contribution in [3.63, 3.8) is 0 Å². The number of hydrogen-bond donors (Lipinski definition) is 0. The molecule has 0 saturated heterocycles. The normalized spacial score (nSPS) is 15.2. The summed E-state index contributed by atoms with van der Waals surface area (Å²) >= 11 is 12.5. The first kappa shape index (κ1) is 14.7. The van der Waals surface area contributed by atoms with Crippen LogP contribution in [0.3, 0.4) is 0 Å². The molecular formula is C17H15Cl2FO. The highest BCUT2D eigenvalue weighted by Crippen LogP contribution is 2.33. The van der Waals surface area contributed by atoms with Gasteiger partial charge in [-0.05, 0) is 48.6 Å². The van der Waals surface area contributed by atoms with Crippen LogP contribution in [0.25, 0.3) is 0 Å². The summed E-state index contributed by atoms with van der Waals surface area (Å²) in [4.78, 5) is 0. The molecule has 0 saturated carbocycles. The number of fused-ring (bicyclic) bond motifs is 1. The third-order valence-corrected chi connectivity index (χ3v) is 4.50. The summed E-state index contributed by atoms with van der Waals surface area (Å²) in [5, 5.41) is 0.105. The number of halogens is 3. The molecule has 21 heavy (non-hydrogen) atoms. The van der Waals surface area contributed by atoms with Gasteiger partial charge in [-0.15, -0.1) is 11.6 Å². The average molecular weight is 325 g/mol. The number of ether oxygens (including phenoxy) is 1. The summed E-state index contributed by atoms with van der Waals surface area (Å²) in [5.74, 6) is 0.618. The Bertz CT molecular complexity index is 637. The predicted octanol–water partition coefficient (Wildman–Crippen LogP) is 5.33. The lowest BCUT2D eigenvalue weighted by Gasteiger charge is -2.19. The quantitative estimate of drug-likeness (QED) is 0.693. The fourth-order valence-electron chi connectivity index (χ4n) is 2.60. The van der Waals surface area contributed by atoms with E-state index in [1.54, 1.807) is 12.1 Å². The van der Waals surface area contributed by atoms with Crippen LogP contribution in [0.5, 0.6) is 5.75 Å². The fraction of sp³-hybridized carbons (Fsp3) is 0.294. The second-order valence-electron chi connectivity index (χ2n) is 5.19. The molecule has 0 aromatic heterocycles. The maximum Gasteiger partial charge on any atom is 0.127 e. The second kappa shape index (κ2) is 6.25. The molecule has 0 spiro atoms. The molecule has 0 bridgehead atoms. The van der Waals surface area contributed by atoms with Crippen LogP contribution >= 0.6 is 23.2 Å². The number of hydrogen-bond acceptors (Lipinski definition) is 1. The van der Waals surface area contributed by atoms with E-state index in [4.69, 9.17) is 27.9 Å². The van der Waals surface area contributed by atoms with E-state index in [-0.39, 0.29) is 11.2 Å². The molecule has 0 N–H and O–H groups in total.